The van der Waals surface area contributed by atoms with Gasteiger partial charge in [0, 0.05) is 38.4 Å². The molecule has 2 aliphatic heterocycles. The number of benzene rings is 1. The summed E-state index contributed by atoms with van der Waals surface area (Å²) >= 11 is 0. The molecule has 0 radical (unpaired) electrons. The number of hydrogen-bond acceptors (Lipinski definition) is 4. The third kappa shape index (κ3) is 6.79. The minimum absolute atomic E-state index is 0. The maximum atomic E-state index is 13.0. The fourth-order valence-electron chi connectivity index (χ4n) is 3.69. The molecule has 1 amide bonds. The lowest BCUT2D eigenvalue weighted by Gasteiger charge is -2.38. The zero-order valence-corrected chi connectivity index (χ0v) is 17.5. The molecule has 2 atom stereocenters. The topological polar surface area (TPSA) is 47.6 Å². The van der Waals surface area contributed by atoms with Crippen LogP contribution in [0.2, 0.25) is 0 Å². The van der Waals surface area contributed by atoms with Crippen molar-refractivity contribution in [3.8, 4) is 0 Å². The molecule has 27 heavy (non-hydrogen) atoms. The molecule has 2 N–H and O–H groups in total. The van der Waals surface area contributed by atoms with Gasteiger partial charge < -0.3 is 15.5 Å². The van der Waals surface area contributed by atoms with Crippen molar-refractivity contribution in [1.82, 2.24) is 15.5 Å². The van der Waals surface area contributed by atoms with Gasteiger partial charge in [0.25, 0.3) is 0 Å². The van der Waals surface area contributed by atoms with Crippen LogP contribution >= 0.6 is 24.8 Å². The van der Waals surface area contributed by atoms with Crippen LogP contribution in [-0.2, 0) is 4.79 Å². The fraction of sp³-hybridized carbons (Fsp3) is 0.632. The molecule has 8 heteroatoms. The van der Waals surface area contributed by atoms with Crippen molar-refractivity contribution in [3.63, 3.8) is 0 Å². The van der Waals surface area contributed by atoms with E-state index in [1.54, 1.807) is 0 Å². The van der Waals surface area contributed by atoms with Crippen molar-refractivity contribution < 1.29 is 9.18 Å². The van der Waals surface area contributed by atoms with E-state index in [9.17, 15) is 9.18 Å². The number of halogens is 3. The smallest absolute Gasteiger partial charge is 0.237 e. The standard InChI is InChI=1S/C19H29FN4O.2ClH/c1-15(19(25)22-9-7-16-6-8-21-14-16)23-10-12-24(13-11-23)18-4-2-17(20)3-5-18;;/h2-5,15-16,21H,6-14H2,1H3,(H,22,25);2*1H. The molecule has 2 fully saturated rings. The molecule has 1 aromatic carbocycles. The van der Waals surface area contributed by atoms with Crippen molar-refractivity contribution in [2.24, 2.45) is 5.92 Å². The largest absolute Gasteiger partial charge is 0.369 e. The number of piperazine rings is 1. The van der Waals surface area contributed by atoms with Crippen molar-refractivity contribution >= 4 is 36.4 Å². The summed E-state index contributed by atoms with van der Waals surface area (Å²) in [6.07, 6.45) is 2.28. The van der Waals surface area contributed by atoms with E-state index in [0.29, 0.717) is 5.92 Å². The van der Waals surface area contributed by atoms with Gasteiger partial charge in [-0.2, -0.15) is 0 Å². The zero-order chi connectivity index (χ0) is 17.6. The highest BCUT2D eigenvalue weighted by Crippen LogP contribution is 2.18. The summed E-state index contributed by atoms with van der Waals surface area (Å²) in [7, 11) is 0. The van der Waals surface area contributed by atoms with Gasteiger partial charge in [-0.15, -0.1) is 24.8 Å². The Hall–Kier alpha value is -1.08. The molecule has 5 nitrogen and oxygen atoms in total. The fourth-order valence-corrected chi connectivity index (χ4v) is 3.69. The number of nitrogens with zero attached hydrogens (tertiary/aromatic N) is 2. The lowest BCUT2D eigenvalue weighted by atomic mass is 10.1. The van der Waals surface area contributed by atoms with Crippen LogP contribution in [0.1, 0.15) is 19.8 Å². The van der Waals surface area contributed by atoms with Gasteiger partial charge in [-0.3, -0.25) is 9.69 Å². The first-order valence-corrected chi connectivity index (χ1v) is 9.36. The first-order valence-electron chi connectivity index (χ1n) is 9.36. The summed E-state index contributed by atoms with van der Waals surface area (Å²) in [5, 5.41) is 6.45. The molecular formula is C19H31Cl2FN4O. The molecule has 0 aromatic heterocycles. The predicted molar refractivity (Wildman–Crippen MR) is 113 cm³/mol. The van der Waals surface area contributed by atoms with E-state index in [4.69, 9.17) is 0 Å². The van der Waals surface area contributed by atoms with Gasteiger partial charge in [0.2, 0.25) is 5.91 Å². The van der Waals surface area contributed by atoms with Crippen LogP contribution in [0.3, 0.4) is 0 Å². The SMILES string of the molecule is CC(C(=O)NCCC1CCNC1)N1CCN(c2ccc(F)cc2)CC1.Cl.Cl. The first-order chi connectivity index (χ1) is 12.1. The maximum absolute atomic E-state index is 13.0. The molecule has 0 spiro atoms. The monoisotopic (exact) mass is 420 g/mol. The number of anilines is 1. The van der Waals surface area contributed by atoms with Gasteiger partial charge in [0.05, 0.1) is 6.04 Å². The molecule has 2 heterocycles. The molecule has 0 saturated carbocycles. The lowest BCUT2D eigenvalue weighted by molar-refractivity contribution is -0.126. The predicted octanol–water partition coefficient (Wildman–Crippen LogP) is 2.30. The van der Waals surface area contributed by atoms with E-state index in [0.717, 1.165) is 57.9 Å². The average Bonchev–Trinajstić information content (AvgIpc) is 3.15. The average molecular weight is 421 g/mol. The van der Waals surface area contributed by atoms with Crippen LogP contribution in [0.15, 0.2) is 24.3 Å². The molecule has 154 valence electrons. The van der Waals surface area contributed by atoms with E-state index in [-0.39, 0.29) is 42.6 Å². The van der Waals surface area contributed by atoms with Crippen LogP contribution in [-0.4, -0.2) is 62.7 Å². The Morgan fingerprint density at radius 3 is 2.48 bits per heavy atom. The van der Waals surface area contributed by atoms with Crippen LogP contribution in [0.4, 0.5) is 10.1 Å². The molecular weight excluding hydrogens is 390 g/mol. The molecule has 2 unspecified atom stereocenters. The molecule has 1 aromatic rings. The summed E-state index contributed by atoms with van der Waals surface area (Å²) in [5.74, 6) is 0.622. The maximum Gasteiger partial charge on any atom is 0.237 e. The van der Waals surface area contributed by atoms with E-state index in [2.05, 4.69) is 20.4 Å². The lowest BCUT2D eigenvalue weighted by Crippen LogP contribution is -2.54. The van der Waals surface area contributed by atoms with Crippen molar-refractivity contribution in [3.05, 3.63) is 30.1 Å². The molecule has 0 bridgehead atoms. The summed E-state index contributed by atoms with van der Waals surface area (Å²) in [5.41, 5.74) is 1.04. The van der Waals surface area contributed by atoms with Gasteiger partial charge in [0.15, 0.2) is 0 Å². The van der Waals surface area contributed by atoms with Gasteiger partial charge >= 0.3 is 0 Å². The number of nitrogens with one attached hydrogen (secondary N) is 2. The van der Waals surface area contributed by atoms with E-state index in [1.165, 1.54) is 18.6 Å². The van der Waals surface area contributed by atoms with Crippen LogP contribution in [0.25, 0.3) is 0 Å². The summed E-state index contributed by atoms with van der Waals surface area (Å²) in [4.78, 5) is 16.9. The molecule has 0 aliphatic carbocycles. The Balaban J connectivity index is 0.00000182. The third-order valence-electron chi connectivity index (χ3n) is 5.45. The highest BCUT2D eigenvalue weighted by atomic mass is 35.5. The molecule has 3 rings (SSSR count). The normalized spacial score (nSPS) is 21.1. The van der Waals surface area contributed by atoms with E-state index in [1.807, 2.05) is 19.1 Å². The number of rotatable bonds is 6. The van der Waals surface area contributed by atoms with Gasteiger partial charge in [0.1, 0.15) is 5.82 Å². The Labute approximate surface area is 173 Å². The van der Waals surface area contributed by atoms with Gasteiger partial charge in [-0.05, 0) is 63.0 Å². The minimum atomic E-state index is -0.207. The second-order valence-corrected chi connectivity index (χ2v) is 7.11. The second kappa shape index (κ2) is 11.7. The Kier molecular flexibility index (Phi) is 10.4. The van der Waals surface area contributed by atoms with E-state index >= 15 is 0 Å². The summed E-state index contributed by atoms with van der Waals surface area (Å²) in [6.45, 7) is 8.35. The Bertz CT molecular complexity index is 561. The second-order valence-electron chi connectivity index (χ2n) is 7.11. The number of amides is 1. The summed E-state index contributed by atoms with van der Waals surface area (Å²) < 4.78 is 13.0. The Morgan fingerprint density at radius 2 is 1.89 bits per heavy atom. The third-order valence-corrected chi connectivity index (χ3v) is 5.45. The first kappa shape index (κ1) is 24.0. The number of hydrogen-bond donors (Lipinski definition) is 2. The van der Waals surface area contributed by atoms with Crippen LogP contribution in [0.5, 0.6) is 0 Å². The van der Waals surface area contributed by atoms with Crippen molar-refractivity contribution in [1.29, 1.82) is 0 Å². The van der Waals surface area contributed by atoms with E-state index < -0.39 is 0 Å². The minimum Gasteiger partial charge on any atom is -0.369 e. The van der Waals surface area contributed by atoms with Gasteiger partial charge in [-0.1, -0.05) is 0 Å². The quantitative estimate of drug-likeness (QED) is 0.740. The van der Waals surface area contributed by atoms with Crippen molar-refractivity contribution in [2.45, 2.75) is 25.8 Å². The summed E-state index contributed by atoms with van der Waals surface area (Å²) in [6, 6.07) is 6.53. The number of carbonyl (C=O) groups is 1. The van der Waals surface area contributed by atoms with Crippen LogP contribution < -0.4 is 15.5 Å². The molecule has 2 saturated heterocycles. The Morgan fingerprint density at radius 1 is 1.22 bits per heavy atom. The van der Waals surface area contributed by atoms with Gasteiger partial charge in [-0.25, -0.2) is 4.39 Å². The number of carbonyl (C=O) groups excluding carboxylic acids is 1. The highest BCUT2D eigenvalue weighted by molar-refractivity contribution is 5.85. The zero-order valence-electron chi connectivity index (χ0n) is 15.8. The van der Waals surface area contributed by atoms with Crippen LogP contribution in [0, 0.1) is 11.7 Å². The highest BCUT2D eigenvalue weighted by Gasteiger charge is 2.25. The van der Waals surface area contributed by atoms with Crippen molar-refractivity contribution in [2.75, 3.05) is 50.7 Å². The molecule has 2 aliphatic rings.